The fraction of sp³-hybridized carbons (Fsp3) is 0.600. The molecule has 14 heavy (non-hydrogen) atoms. The average Bonchev–Trinajstić information content (AvgIpc) is 2.19. The van der Waals surface area contributed by atoms with E-state index in [1.165, 1.54) is 5.56 Å². The van der Waals surface area contributed by atoms with Gasteiger partial charge in [0.1, 0.15) is 0 Å². The Morgan fingerprint density at radius 3 is 2.86 bits per heavy atom. The molecule has 0 amide bonds. The molecule has 3 nitrogen and oxygen atoms in total. The Morgan fingerprint density at radius 1 is 1.57 bits per heavy atom. The molecule has 0 fully saturated rings. The lowest BCUT2D eigenvalue weighted by Crippen LogP contribution is -2.22. The van der Waals surface area contributed by atoms with Gasteiger partial charge in [0, 0.05) is 13.2 Å². The van der Waals surface area contributed by atoms with E-state index < -0.39 is 0 Å². The minimum Gasteiger partial charge on any atom is -0.302 e. The van der Waals surface area contributed by atoms with Crippen molar-refractivity contribution >= 4 is 11.8 Å². The Hall–Kier alpha value is -0.770. The largest absolute Gasteiger partial charge is 0.347 e. The molecule has 1 rings (SSSR count). The van der Waals surface area contributed by atoms with Crippen LogP contribution in [0.2, 0.25) is 0 Å². The Bertz CT molecular complexity index is 360. The first kappa shape index (κ1) is 11.3. The average molecular weight is 212 g/mol. The lowest BCUT2D eigenvalue weighted by molar-refractivity contribution is 0.765. The highest BCUT2D eigenvalue weighted by Crippen LogP contribution is 2.07. The summed E-state index contributed by atoms with van der Waals surface area (Å²) in [5.74, 6) is 1.08. The molecular formula is C10H16N2OS. The van der Waals surface area contributed by atoms with E-state index in [0.29, 0.717) is 0 Å². The lowest BCUT2D eigenvalue weighted by atomic mass is 10.1. The molecule has 1 aromatic rings. The predicted molar refractivity (Wildman–Crippen MR) is 60.9 cm³/mol. The third-order valence-electron chi connectivity index (χ3n) is 2.16. The summed E-state index contributed by atoms with van der Waals surface area (Å²) in [5.41, 5.74) is 1.99. The van der Waals surface area contributed by atoms with Gasteiger partial charge in [0.15, 0.2) is 0 Å². The van der Waals surface area contributed by atoms with Gasteiger partial charge in [-0.3, -0.25) is 0 Å². The molecule has 0 spiro atoms. The zero-order valence-electron chi connectivity index (χ0n) is 8.91. The first-order valence-corrected chi connectivity index (χ1v) is 6.12. The number of rotatable bonds is 4. The van der Waals surface area contributed by atoms with Crippen molar-refractivity contribution in [3.8, 4) is 0 Å². The van der Waals surface area contributed by atoms with E-state index in [0.717, 1.165) is 24.3 Å². The summed E-state index contributed by atoms with van der Waals surface area (Å²) >= 11 is 1.81. The smallest absolute Gasteiger partial charge is 0.302 e. The van der Waals surface area contributed by atoms with Crippen LogP contribution in [-0.2, 0) is 19.9 Å². The molecule has 0 radical (unpaired) electrons. The fourth-order valence-electron chi connectivity index (χ4n) is 1.36. The van der Waals surface area contributed by atoms with Gasteiger partial charge in [-0.25, -0.2) is 4.79 Å². The summed E-state index contributed by atoms with van der Waals surface area (Å²) in [6, 6.07) is 0. The van der Waals surface area contributed by atoms with Crippen molar-refractivity contribution in [3.63, 3.8) is 0 Å². The number of hydrogen-bond donors (Lipinski definition) is 0. The molecule has 0 aliphatic carbocycles. The summed E-state index contributed by atoms with van der Waals surface area (Å²) in [7, 11) is 1.75. The van der Waals surface area contributed by atoms with Gasteiger partial charge in [0.2, 0.25) is 0 Å². The van der Waals surface area contributed by atoms with Crippen LogP contribution in [0.5, 0.6) is 0 Å². The van der Waals surface area contributed by atoms with Crippen LogP contribution in [0.15, 0.2) is 11.0 Å². The molecule has 0 atom stereocenters. The van der Waals surface area contributed by atoms with Crippen molar-refractivity contribution in [2.24, 2.45) is 7.05 Å². The van der Waals surface area contributed by atoms with Crippen molar-refractivity contribution in [1.29, 1.82) is 0 Å². The van der Waals surface area contributed by atoms with Crippen LogP contribution < -0.4 is 5.69 Å². The van der Waals surface area contributed by atoms with E-state index in [9.17, 15) is 4.79 Å². The van der Waals surface area contributed by atoms with Gasteiger partial charge >= 0.3 is 5.69 Å². The highest BCUT2D eigenvalue weighted by atomic mass is 32.2. The summed E-state index contributed by atoms with van der Waals surface area (Å²) in [6.45, 7) is 2.03. The number of aryl methyl sites for hydroxylation is 3. The van der Waals surface area contributed by atoms with E-state index in [4.69, 9.17) is 0 Å². The van der Waals surface area contributed by atoms with E-state index in [2.05, 4.69) is 11.2 Å². The van der Waals surface area contributed by atoms with Gasteiger partial charge < -0.3 is 4.57 Å². The van der Waals surface area contributed by atoms with Crippen LogP contribution in [0.1, 0.15) is 18.2 Å². The SMILES string of the molecule is CCc1nc(=O)n(C)cc1CCSC. The van der Waals surface area contributed by atoms with Crippen LogP contribution in [0, 0.1) is 0 Å². The van der Waals surface area contributed by atoms with Crippen molar-refractivity contribution < 1.29 is 0 Å². The monoisotopic (exact) mass is 212 g/mol. The second kappa shape index (κ2) is 5.20. The normalized spacial score (nSPS) is 10.5. The zero-order valence-corrected chi connectivity index (χ0v) is 9.73. The van der Waals surface area contributed by atoms with Crippen molar-refractivity contribution in [3.05, 3.63) is 27.9 Å². The molecule has 78 valence electrons. The quantitative estimate of drug-likeness (QED) is 0.753. The van der Waals surface area contributed by atoms with Crippen molar-refractivity contribution in [1.82, 2.24) is 9.55 Å². The van der Waals surface area contributed by atoms with Gasteiger partial charge in [0.05, 0.1) is 5.69 Å². The standard InChI is InChI=1S/C10H16N2OS/c1-4-9-8(5-6-14-3)7-12(2)10(13)11-9/h7H,4-6H2,1-3H3. The first-order valence-electron chi connectivity index (χ1n) is 4.73. The molecule has 0 bridgehead atoms. The topological polar surface area (TPSA) is 34.9 Å². The van der Waals surface area contributed by atoms with Crippen LogP contribution >= 0.6 is 11.8 Å². The number of hydrogen-bond acceptors (Lipinski definition) is 3. The molecule has 0 aromatic carbocycles. The number of aromatic nitrogens is 2. The maximum absolute atomic E-state index is 11.3. The second-order valence-electron chi connectivity index (χ2n) is 3.20. The van der Waals surface area contributed by atoms with Crippen LogP contribution in [0.3, 0.4) is 0 Å². The highest BCUT2D eigenvalue weighted by Gasteiger charge is 2.04. The molecule has 0 aliphatic rings. The minimum atomic E-state index is -0.158. The summed E-state index contributed by atoms with van der Waals surface area (Å²) in [5, 5.41) is 0. The van der Waals surface area contributed by atoms with Crippen LogP contribution in [-0.4, -0.2) is 21.6 Å². The molecule has 4 heteroatoms. The summed E-state index contributed by atoms with van der Waals surface area (Å²) < 4.78 is 1.55. The third-order valence-corrected chi connectivity index (χ3v) is 2.78. The van der Waals surface area contributed by atoms with E-state index >= 15 is 0 Å². The molecular weight excluding hydrogens is 196 g/mol. The van der Waals surface area contributed by atoms with E-state index in [1.54, 1.807) is 11.6 Å². The maximum Gasteiger partial charge on any atom is 0.347 e. The number of nitrogens with zero attached hydrogens (tertiary/aromatic N) is 2. The minimum absolute atomic E-state index is 0.158. The van der Waals surface area contributed by atoms with Crippen molar-refractivity contribution in [2.45, 2.75) is 19.8 Å². The maximum atomic E-state index is 11.3. The van der Waals surface area contributed by atoms with Crippen LogP contribution in [0.25, 0.3) is 0 Å². The molecule has 0 unspecified atom stereocenters. The Balaban J connectivity index is 3.01. The highest BCUT2D eigenvalue weighted by molar-refractivity contribution is 7.98. The Labute approximate surface area is 88.6 Å². The predicted octanol–water partition coefficient (Wildman–Crippen LogP) is 1.25. The molecule has 0 saturated heterocycles. The fourth-order valence-corrected chi connectivity index (χ4v) is 1.78. The summed E-state index contributed by atoms with van der Waals surface area (Å²) in [4.78, 5) is 15.3. The van der Waals surface area contributed by atoms with Gasteiger partial charge in [-0.1, -0.05) is 6.92 Å². The van der Waals surface area contributed by atoms with Crippen LogP contribution in [0.4, 0.5) is 0 Å². The number of thioether (sulfide) groups is 1. The van der Waals surface area contributed by atoms with E-state index in [1.807, 2.05) is 24.9 Å². The molecule has 0 aliphatic heterocycles. The lowest BCUT2D eigenvalue weighted by Gasteiger charge is -2.07. The Morgan fingerprint density at radius 2 is 2.29 bits per heavy atom. The van der Waals surface area contributed by atoms with Gasteiger partial charge in [-0.15, -0.1) is 0 Å². The molecule has 0 saturated carbocycles. The zero-order chi connectivity index (χ0) is 10.6. The third kappa shape index (κ3) is 2.61. The molecule has 0 N–H and O–H groups in total. The first-order chi connectivity index (χ1) is 6.69. The molecule has 1 heterocycles. The second-order valence-corrected chi connectivity index (χ2v) is 4.19. The molecule has 1 aromatic heterocycles. The van der Waals surface area contributed by atoms with E-state index in [-0.39, 0.29) is 5.69 Å². The summed E-state index contributed by atoms with van der Waals surface area (Å²) in [6.07, 6.45) is 5.82. The van der Waals surface area contributed by atoms with Crippen molar-refractivity contribution in [2.75, 3.05) is 12.0 Å². The Kier molecular flexibility index (Phi) is 4.20. The van der Waals surface area contributed by atoms with Gasteiger partial charge in [-0.2, -0.15) is 16.7 Å². The van der Waals surface area contributed by atoms with Gasteiger partial charge in [-0.05, 0) is 30.4 Å². The van der Waals surface area contributed by atoms with Gasteiger partial charge in [0.25, 0.3) is 0 Å².